The van der Waals surface area contributed by atoms with Gasteiger partial charge < -0.3 is 36.0 Å². The maximum atomic E-state index is 14.0. The molecule has 40 heavy (non-hydrogen) atoms. The summed E-state index contributed by atoms with van der Waals surface area (Å²) in [6, 6.07) is 0.604. The molecule has 12 heteroatoms. The van der Waals surface area contributed by atoms with E-state index < -0.39 is 58.0 Å². The second-order valence-corrected chi connectivity index (χ2v) is 11.4. The SMILES string of the molecule is CN(C)C(=O)CCc1cc(N(C)C)c2c(c1O)C(O)=C1C(=O)[C@]3(O)C(O)=C(C(N)=O)C(=O)[C@H](N(C)C)[C@@H]3C[C@@H]1C2. The summed E-state index contributed by atoms with van der Waals surface area (Å²) in [5.41, 5.74) is 3.23. The summed E-state index contributed by atoms with van der Waals surface area (Å²) >= 11 is 0. The van der Waals surface area contributed by atoms with Gasteiger partial charge in [-0.15, -0.1) is 0 Å². The highest BCUT2D eigenvalue weighted by atomic mass is 16.3. The van der Waals surface area contributed by atoms with Crippen molar-refractivity contribution in [3.05, 3.63) is 39.7 Å². The number of carbonyl (C=O) groups is 4. The number of benzene rings is 1. The number of phenolic OH excluding ortho intramolecular Hbond substituents is 1. The summed E-state index contributed by atoms with van der Waals surface area (Å²) < 4.78 is 0. The molecule has 2 amide bonds. The summed E-state index contributed by atoms with van der Waals surface area (Å²) in [7, 11) is 9.93. The highest BCUT2D eigenvalue weighted by Gasteiger charge is 2.64. The van der Waals surface area contributed by atoms with Crippen molar-refractivity contribution in [2.75, 3.05) is 47.2 Å². The van der Waals surface area contributed by atoms with Crippen molar-refractivity contribution in [3.63, 3.8) is 0 Å². The van der Waals surface area contributed by atoms with Gasteiger partial charge in [-0.25, -0.2) is 0 Å². The lowest BCUT2D eigenvalue weighted by molar-refractivity contribution is -0.153. The number of hydrogen-bond donors (Lipinski definition) is 5. The molecular formula is C28H36N4O8. The molecule has 6 N–H and O–H groups in total. The molecule has 0 spiro atoms. The second-order valence-electron chi connectivity index (χ2n) is 11.4. The number of hydrogen-bond acceptors (Lipinski definition) is 10. The summed E-state index contributed by atoms with van der Waals surface area (Å²) in [6.07, 6.45) is 0.465. The topological polar surface area (TPSA) is 185 Å². The summed E-state index contributed by atoms with van der Waals surface area (Å²) in [5, 5.41) is 45.5. The molecule has 0 radical (unpaired) electrons. The highest BCUT2D eigenvalue weighted by Crippen LogP contribution is 2.54. The van der Waals surface area contributed by atoms with Crippen LogP contribution in [0.5, 0.6) is 5.75 Å². The van der Waals surface area contributed by atoms with Gasteiger partial charge >= 0.3 is 0 Å². The number of fused-ring (bicyclic) bond motifs is 3. The standard InChI is InChI=1S/C28H36N4O8/c1-30(2)16-11-12(7-8-17(33)31(3)4)22(34)19-14(16)9-13-10-15-21(32(5)6)24(36)20(27(29)39)26(38)28(15,40)25(37)18(13)23(19)35/h11,13,15,21,34-35,38,40H,7-10H2,1-6H3,(H2,29,39)/t13-,15-,21+,28-/m0/s1. The van der Waals surface area contributed by atoms with Gasteiger partial charge in [-0.2, -0.15) is 0 Å². The van der Waals surface area contributed by atoms with Crippen LogP contribution < -0.4 is 10.6 Å². The van der Waals surface area contributed by atoms with Crippen molar-refractivity contribution in [2.24, 2.45) is 17.6 Å². The molecule has 0 bridgehead atoms. The van der Waals surface area contributed by atoms with Crippen LogP contribution in [-0.4, -0.2) is 108 Å². The number of aliphatic hydroxyl groups excluding tert-OH is 2. The average molecular weight is 557 g/mol. The fourth-order valence-electron chi connectivity index (χ4n) is 6.40. The monoisotopic (exact) mass is 556 g/mol. The smallest absolute Gasteiger partial charge is 0.255 e. The Kier molecular flexibility index (Phi) is 7.22. The van der Waals surface area contributed by atoms with E-state index in [1.807, 2.05) is 0 Å². The molecule has 3 aliphatic carbocycles. The Labute approximate surface area is 232 Å². The molecule has 3 aliphatic rings. The van der Waals surface area contributed by atoms with Crippen LogP contribution in [0.25, 0.3) is 5.76 Å². The molecule has 0 unspecified atom stereocenters. The number of ketones is 2. The van der Waals surface area contributed by atoms with Gasteiger partial charge in [-0.1, -0.05) is 0 Å². The van der Waals surface area contributed by atoms with E-state index in [9.17, 15) is 39.6 Å². The number of amides is 2. The molecule has 1 aromatic carbocycles. The zero-order valence-electron chi connectivity index (χ0n) is 23.5. The molecule has 216 valence electrons. The first-order chi connectivity index (χ1) is 18.5. The van der Waals surface area contributed by atoms with E-state index in [1.165, 1.54) is 9.80 Å². The Morgan fingerprint density at radius 1 is 1.07 bits per heavy atom. The van der Waals surface area contributed by atoms with Crippen molar-refractivity contribution in [1.82, 2.24) is 9.80 Å². The Morgan fingerprint density at radius 3 is 2.23 bits per heavy atom. The Morgan fingerprint density at radius 2 is 1.70 bits per heavy atom. The van der Waals surface area contributed by atoms with Gasteiger partial charge in [0.2, 0.25) is 11.7 Å². The summed E-state index contributed by atoms with van der Waals surface area (Å²) in [5.74, 6) is -7.08. The maximum Gasteiger partial charge on any atom is 0.255 e. The minimum absolute atomic E-state index is 0.00907. The first-order valence-electron chi connectivity index (χ1n) is 13.0. The number of aliphatic hydroxyl groups is 3. The number of nitrogens with two attached hydrogens (primary N) is 1. The third kappa shape index (κ3) is 4.13. The highest BCUT2D eigenvalue weighted by molar-refractivity contribution is 6.24. The molecule has 0 heterocycles. The Bertz CT molecular complexity index is 1390. The van der Waals surface area contributed by atoms with Crippen molar-refractivity contribution < 1.29 is 39.6 Å². The van der Waals surface area contributed by atoms with Gasteiger partial charge in [0.05, 0.1) is 11.6 Å². The van der Waals surface area contributed by atoms with E-state index >= 15 is 0 Å². The van der Waals surface area contributed by atoms with Crippen molar-refractivity contribution >= 4 is 34.8 Å². The van der Waals surface area contributed by atoms with Crippen molar-refractivity contribution in [1.29, 1.82) is 0 Å². The Hall–Kier alpha value is -3.90. The van der Waals surface area contributed by atoms with Crippen LogP contribution in [0.3, 0.4) is 0 Å². The zero-order chi connectivity index (χ0) is 30.0. The third-order valence-corrected chi connectivity index (χ3v) is 8.36. The molecule has 0 aliphatic heterocycles. The van der Waals surface area contributed by atoms with Crippen LogP contribution in [0, 0.1) is 11.8 Å². The van der Waals surface area contributed by atoms with E-state index in [4.69, 9.17) is 5.73 Å². The molecule has 1 aromatic rings. The molecule has 0 aromatic heterocycles. The number of anilines is 1. The van der Waals surface area contributed by atoms with E-state index in [0.29, 0.717) is 16.8 Å². The molecule has 12 nitrogen and oxygen atoms in total. The number of likely N-dealkylation sites (N-methyl/N-ethyl adjacent to an activating group) is 1. The number of aryl methyl sites for hydroxylation is 1. The minimum atomic E-state index is -2.69. The van der Waals surface area contributed by atoms with Gasteiger partial charge in [0.1, 0.15) is 22.8 Å². The number of rotatable bonds is 6. The fourth-order valence-corrected chi connectivity index (χ4v) is 6.40. The van der Waals surface area contributed by atoms with Gasteiger partial charge in [-0.3, -0.25) is 24.1 Å². The van der Waals surface area contributed by atoms with Crippen LogP contribution >= 0.6 is 0 Å². The van der Waals surface area contributed by atoms with Gasteiger partial charge in [0, 0.05) is 51.8 Å². The lowest BCUT2D eigenvalue weighted by Crippen LogP contribution is -2.65. The van der Waals surface area contributed by atoms with Gasteiger partial charge in [-0.05, 0) is 56.5 Å². The predicted molar refractivity (Wildman–Crippen MR) is 146 cm³/mol. The van der Waals surface area contributed by atoms with Crippen LogP contribution in [-0.2, 0) is 32.0 Å². The van der Waals surface area contributed by atoms with Crippen molar-refractivity contribution in [3.8, 4) is 5.75 Å². The van der Waals surface area contributed by atoms with E-state index in [-0.39, 0.29) is 48.5 Å². The van der Waals surface area contributed by atoms with Crippen LogP contribution in [0.15, 0.2) is 23.0 Å². The quantitative estimate of drug-likeness (QED) is 0.300. The van der Waals surface area contributed by atoms with Crippen LogP contribution in [0.1, 0.15) is 29.5 Å². The molecule has 4 atom stereocenters. The van der Waals surface area contributed by atoms with Crippen molar-refractivity contribution in [2.45, 2.75) is 37.3 Å². The number of nitrogens with zero attached hydrogens (tertiary/aromatic N) is 3. The summed E-state index contributed by atoms with van der Waals surface area (Å²) in [4.78, 5) is 56.3. The predicted octanol–water partition coefficient (Wildman–Crippen LogP) is 0.0508. The zero-order valence-corrected chi connectivity index (χ0v) is 23.5. The lowest BCUT2D eigenvalue weighted by atomic mass is 9.57. The largest absolute Gasteiger partial charge is 0.508 e. The number of aromatic hydroxyl groups is 1. The number of phenols is 1. The van der Waals surface area contributed by atoms with Crippen LogP contribution in [0.2, 0.25) is 0 Å². The second kappa shape index (κ2) is 9.93. The number of carbonyl (C=O) groups excluding carboxylic acids is 4. The lowest BCUT2D eigenvalue weighted by Gasteiger charge is -2.50. The number of Topliss-reactive ketones (excluding diaryl/α,β-unsaturated/α-hetero) is 2. The van der Waals surface area contributed by atoms with Gasteiger partial charge in [0.15, 0.2) is 11.4 Å². The van der Waals surface area contributed by atoms with E-state index in [1.54, 1.807) is 53.3 Å². The average Bonchev–Trinajstić information content (AvgIpc) is 2.84. The van der Waals surface area contributed by atoms with E-state index in [2.05, 4.69) is 0 Å². The maximum absolute atomic E-state index is 14.0. The van der Waals surface area contributed by atoms with Crippen LogP contribution in [0.4, 0.5) is 5.69 Å². The first-order valence-corrected chi connectivity index (χ1v) is 13.0. The number of primary amides is 1. The molecule has 4 rings (SSSR count). The molecule has 0 saturated heterocycles. The third-order valence-electron chi connectivity index (χ3n) is 8.36. The normalized spacial score (nSPS) is 25.9. The summed E-state index contributed by atoms with van der Waals surface area (Å²) in [6.45, 7) is 0. The molecule has 1 fully saturated rings. The van der Waals surface area contributed by atoms with E-state index in [0.717, 1.165) is 0 Å². The Balaban J connectivity index is 1.93. The molecule has 1 saturated carbocycles. The minimum Gasteiger partial charge on any atom is -0.508 e. The first kappa shape index (κ1) is 29.1. The fraction of sp³-hybridized carbons (Fsp3) is 0.500. The van der Waals surface area contributed by atoms with Gasteiger partial charge in [0.25, 0.3) is 5.91 Å². The molecular weight excluding hydrogens is 520 g/mol.